The number of alkyl halides is 6. The Balaban J connectivity index is 0.000000418. The predicted molar refractivity (Wildman–Crippen MR) is 289 cm³/mol. The van der Waals surface area contributed by atoms with Crippen LogP contribution in [0.4, 0.5) is 26.3 Å². The zero-order chi connectivity index (χ0) is 52.3. The van der Waals surface area contributed by atoms with Crippen molar-refractivity contribution >= 4 is 92.2 Å². The van der Waals surface area contributed by atoms with E-state index in [0.717, 1.165) is 105 Å². The molecule has 2 saturated carbocycles. The van der Waals surface area contributed by atoms with Gasteiger partial charge in [-0.05, 0) is 139 Å². The number of carbonyl (C=O) groups is 1. The third-order valence-corrected chi connectivity index (χ3v) is 12.0. The maximum atomic E-state index is 13.7. The van der Waals surface area contributed by atoms with Gasteiger partial charge in [-0.3, -0.25) is 4.79 Å². The van der Waals surface area contributed by atoms with Crippen molar-refractivity contribution in [3.8, 4) is 0 Å². The molecule has 0 radical (unpaired) electrons. The van der Waals surface area contributed by atoms with Crippen molar-refractivity contribution in [1.29, 1.82) is 0 Å². The molecule has 2 aliphatic rings. The number of oxime groups is 2. The Hall–Kier alpha value is -1.20. The second-order valence-corrected chi connectivity index (χ2v) is 32.8. The van der Waals surface area contributed by atoms with Crippen molar-refractivity contribution in [2.45, 2.75) is 149 Å². The van der Waals surface area contributed by atoms with Crippen molar-refractivity contribution in [2.24, 2.45) is 10.3 Å². The number of hydrogen-bond acceptors (Lipinski definition) is 8. The van der Waals surface area contributed by atoms with E-state index >= 15 is 0 Å². The zero-order valence-electron chi connectivity index (χ0n) is 39.2. The van der Waals surface area contributed by atoms with Gasteiger partial charge in [0.25, 0.3) is 0 Å². The van der Waals surface area contributed by atoms with Crippen molar-refractivity contribution in [3.63, 3.8) is 0 Å². The van der Waals surface area contributed by atoms with Crippen molar-refractivity contribution in [3.05, 3.63) is 140 Å². The number of aryl methyl sites for hydroxylation is 2. The Bertz CT molecular complexity index is 2320. The first-order valence-electron chi connectivity index (χ1n) is 22.4. The normalized spacial score (nSPS) is 14.6. The van der Waals surface area contributed by atoms with E-state index in [1.54, 1.807) is 50.2 Å². The molecule has 389 valence electrons. The molecule has 70 heavy (non-hydrogen) atoms. The van der Waals surface area contributed by atoms with Gasteiger partial charge in [-0.15, -0.1) is 0 Å². The van der Waals surface area contributed by atoms with Crippen LogP contribution in [0.1, 0.15) is 175 Å². The number of benzene rings is 4. The Morgan fingerprint density at radius 1 is 0.657 bits per heavy atom. The first kappa shape index (κ1) is 64.9. The van der Waals surface area contributed by atoms with E-state index < -0.39 is 38.3 Å². The molecule has 20 heteroatoms. The van der Waals surface area contributed by atoms with E-state index in [4.69, 9.17) is 17.3 Å². The summed E-state index contributed by atoms with van der Waals surface area (Å²) >= 11 is 8.10. The molecule has 2 fully saturated rings. The average molecular weight is 1590 g/mol. The Kier molecular flexibility index (Phi) is 32.6. The maximum absolute atomic E-state index is 13.7. The fourth-order valence-corrected chi connectivity index (χ4v) is 8.52. The molecule has 0 heterocycles. The summed E-state index contributed by atoms with van der Waals surface area (Å²) in [5, 5.41) is 17.6. The molecule has 4 aromatic carbocycles. The summed E-state index contributed by atoms with van der Waals surface area (Å²) in [6.07, 6.45) is 2.93. The van der Waals surface area contributed by atoms with E-state index in [1.807, 2.05) is 38.1 Å². The number of rotatable bonds is 14. The van der Waals surface area contributed by atoms with Crippen LogP contribution in [0.5, 0.6) is 0 Å². The van der Waals surface area contributed by atoms with E-state index in [-0.39, 0.29) is 31.7 Å². The van der Waals surface area contributed by atoms with Gasteiger partial charge in [0.15, 0.2) is 0 Å². The van der Waals surface area contributed by atoms with E-state index in [9.17, 15) is 36.2 Å². The monoisotopic (exact) mass is 1590 g/mol. The molecule has 0 spiro atoms. The summed E-state index contributed by atoms with van der Waals surface area (Å²) in [7, 11) is 0. The van der Waals surface area contributed by atoms with Gasteiger partial charge in [0.1, 0.15) is 19.5 Å². The summed E-state index contributed by atoms with van der Waals surface area (Å²) in [5.41, 5.74) is 6.95. The van der Waals surface area contributed by atoms with E-state index in [0.29, 0.717) is 58.9 Å². The first-order chi connectivity index (χ1) is 33.5. The van der Waals surface area contributed by atoms with Gasteiger partial charge in [-0.1, -0.05) is 111 Å². The van der Waals surface area contributed by atoms with Gasteiger partial charge < -0.3 is 14.8 Å². The molecular formula is C50H58F6I5MnN2O6-. The molecule has 1 N–H and O–H groups in total. The molecule has 0 amide bonds. The molecule has 2 aliphatic carbocycles. The van der Waals surface area contributed by atoms with Crippen LogP contribution in [0, 0.1) is 0 Å². The SMILES string of the molecule is CCc1cc(/C(C)=N/OCc2ccc(C3CCCCC3)c(C(F)(F)F)c2)ccc1C=O.CCc1cc(/C(C)=N/OCc2ccc(C3CCCCC3)c(C(F)(F)F)c2)ccc1CO.II.I[I-]I.[O]=[Mn]=[O]. The van der Waals surface area contributed by atoms with Crippen LogP contribution >= 0.6 is 74.5 Å². The Morgan fingerprint density at radius 2 is 1.04 bits per heavy atom. The average Bonchev–Trinajstić information content (AvgIpc) is 3.37. The van der Waals surface area contributed by atoms with Crippen LogP contribution in [0.15, 0.2) is 83.1 Å². The third kappa shape index (κ3) is 21.9. The molecule has 8 nitrogen and oxygen atoms in total. The number of aliphatic hydroxyl groups is 1. The molecule has 0 aromatic heterocycles. The van der Waals surface area contributed by atoms with Crippen LogP contribution in [-0.4, -0.2) is 22.8 Å². The van der Waals surface area contributed by atoms with Gasteiger partial charge in [0.2, 0.25) is 0 Å². The van der Waals surface area contributed by atoms with Gasteiger partial charge in [0, 0.05) is 42.8 Å². The number of hydrogen-bond donors (Lipinski definition) is 1. The van der Waals surface area contributed by atoms with Crippen LogP contribution in [-0.2, 0) is 77.2 Å². The van der Waals surface area contributed by atoms with E-state index in [2.05, 4.69) is 84.8 Å². The van der Waals surface area contributed by atoms with Crippen molar-refractivity contribution in [1.82, 2.24) is 0 Å². The molecule has 0 saturated heterocycles. The first-order valence-corrected chi connectivity index (χ1v) is 42.3. The topological polar surface area (TPSA) is 115 Å². The van der Waals surface area contributed by atoms with E-state index in [1.165, 1.54) is 12.1 Å². The van der Waals surface area contributed by atoms with Crippen LogP contribution in [0.3, 0.4) is 0 Å². The molecule has 0 bridgehead atoms. The summed E-state index contributed by atoms with van der Waals surface area (Å²) in [4.78, 5) is 21.8. The second kappa shape index (κ2) is 35.1. The minimum absolute atomic E-state index is 0.0183. The zero-order valence-corrected chi connectivity index (χ0v) is 51.2. The molecule has 0 unspecified atom stereocenters. The summed E-state index contributed by atoms with van der Waals surface area (Å²) in [6.45, 7) is 7.44. The van der Waals surface area contributed by atoms with Crippen LogP contribution < -0.4 is 13.3 Å². The fourth-order valence-electron chi connectivity index (χ4n) is 8.52. The Morgan fingerprint density at radius 3 is 1.40 bits per heavy atom. The standard InChI is InChI=1S/C25H30F3NO2.C25H28F3NO2.I3.I2.Mn.2O/c2*1-3-19-14-21(10-11-22(19)15-30)17(2)29-31-16-18-9-12-23(20-7-5-4-6-8-20)24(13-18)25(26,27)28;1-3-2;1-2;;;/h9-14,20,30H,3-8,15-16H2,1-2H3;9-15,20H,3-8,16H2,1-2H3;;;;;/q;;-1;;;;/b2*29-17+;;;;;. The van der Waals surface area contributed by atoms with Crippen LogP contribution in [0.2, 0.25) is 0 Å². The van der Waals surface area contributed by atoms with Gasteiger partial charge in [0.05, 0.1) is 29.2 Å². The molecule has 0 atom stereocenters. The molecular weight excluding hydrogens is 1530 g/mol. The molecule has 4 aromatic rings. The molecule has 0 aliphatic heterocycles. The van der Waals surface area contributed by atoms with Gasteiger partial charge in [-0.2, -0.15) is 26.3 Å². The van der Waals surface area contributed by atoms with Gasteiger partial charge >= 0.3 is 85.3 Å². The fraction of sp³-hybridized carbons (Fsp3) is 0.460. The number of aliphatic hydroxyl groups excluding tert-OH is 1. The summed E-state index contributed by atoms with van der Waals surface area (Å²) in [5.74, 6) is -0.0435. The Labute approximate surface area is 467 Å². The van der Waals surface area contributed by atoms with Crippen molar-refractivity contribution < 1.29 is 81.7 Å². The number of carbonyl (C=O) groups excluding carboxylic acids is 1. The third-order valence-electron chi connectivity index (χ3n) is 12.0. The van der Waals surface area contributed by atoms with Crippen LogP contribution in [0.25, 0.3) is 0 Å². The van der Waals surface area contributed by atoms with Crippen molar-refractivity contribution in [2.75, 3.05) is 0 Å². The quantitative estimate of drug-likeness (QED) is 0.0336. The predicted octanol–water partition coefficient (Wildman–Crippen LogP) is 14.1. The number of nitrogens with zero attached hydrogens (tertiary/aromatic N) is 2. The number of aldehydes is 1. The molecule has 6 rings (SSSR count). The minimum atomic E-state index is -4.39. The second-order valence-electron chi connectivity index (χ2n) is 16.4. The summed E-state index contributed by atoms with van der Waals surface area (Å²) in [6, 6.07) is 20.1. The van der Waals surface area contributed by atoms with Gasteiger partial charge in [-0.25, -0.2) is 0 Å². The number of halogens is 11. The summed E-state index contributed by atoms with van der Waals surface area (Å²) < 4.78 is 99.0.